The second-order valence-electron chi connectivity index (χ2n) is 8.79. The zero-order valence-corrected chi connectivity index (χ0v) is 16.9. The van der Waals surface area contributed by atoms with Gasteiger partial charge in [0.2, 0.25) is 0 Å². The van der Waals surface area contributed by atoms with Gasteiger partial charge in [-0.2, -0.15) is 0 Å². The van der Waals surface area contributed by atoms with E-state index in [0.717, 1.165) is 19.4 Å². The number of carbonyl (C=O) groups excluding carboxylic acids is 1. The van der Waals surface area contributed by atoms with Crippen molar-refractivity contribution >= 4 is 14.8 Å². The highest BCUT2D eigenvalue weighted by molar-refractivity contribution is 6.48. The van der Waals surface area contributed by atoms with Gasteiger partial charge in [-0.1, -0.05) is 51.1 Å². The minimum atomic E-state index is -1.28. The molecule has 2 aliphatic rings. The van der Waals surface area contributed by atoms with E-state index in [-0.39, 0.29) is 11.3 Å². The molecule has 3 atom stereocenters. The first-order valence-corrected chi connectivity index (χ1v) is 12.0. The fraction of sp³-hybridized carbons (Fsp3) is 0.650. The van der Waals surface area contributed by atoms with Crippen molar-refractivity contribution in [3.05, 3.63) is 35.9 Å². The maximum Gasteiger partial charge on any atom is 0.173 e. The van der Waals surface area contributed by atoms with E-state index in [0.29, 0.717) is 18.2 Å². The molecule has 3 nitrogen and oxygen atoms in total. The van der Waals surface area contributed by atoms with Gasteiger partial charge < -0.3 is 4.43 Å². The van der Waals surface area contributed by atoms with Crippen molar-refractivity contribution in [2.75, 3.05) is 0 Å². The van der Waals surface area contributed by atoms with Crippen molar-refractivity contribution in [2.45, 2.75) is 71.4 Å². The molecule has 24 heavy (non-hydrogen) atoms. The molecule has 0 aliphatic carbocycles. The Bertz CT molecular complexity index is 595. The smallest absolute Gasteiger partial charge is 0.173 e. The Kier molecular flexibility index (Phi) is 4.75. The molecule has 2 aliphatic heterocycles. The summed E-state index contributed by atoms with van der Waals surface area (Å²) in [7, 11) is -1.28. The predicted molar refractivity (Wildman–Crippen MR) is 100 cm³/mol. The number of nitrogens with zero attached hydrogens (tertiary/aromatic N) is 1. The Hall–Kier alpha value is -0.973. The van der Waals surface area contributed by atoms with Gasteiger partial charge in [-0.25, -0.2) is 0 Å². The SMILES string of the molecule is C[SiH](C)OC12CCC(CC(=O)C1C(C)(C)C)N2Cc1ccccc1. The molecule has 0 spiro atoms. The number of piperidine rings is 1. The summed E-state index contributed by atoms with van der Waals surface area (Å²) in [5.74, 6) is 0.367. The van der Waals surface area contributed by atoms with Crippen LogP contribution in [0.15, 0.2) is 30.3 Å². The summed E-state index contributed by atoms with van der Waals surface area (Å²) in [6, 6.07) is 11.0. The van der Waals surface area contributed by atoms with Gasteiger partial charge in [0.15, 0.2) is 9.04 Å². The molecule has 3 unspecified atom stereocenters. The second kappa shape index (κ2) is 6.39. The highest BCUT2D eigenvalue weighted by atomic mass is 28.3. The number of rotatable bonds is 4. The zero-order valence-electron chi connectivity index (χ0n) is 15.7. The number of fused-ring (bicyclic) bond motifs is 2. The van der Waals surface area contributed by atoms with Gasteiger partial charge in [0, 0.05) is 19.0 Å². The summed E-state index contributed by atoms with van der Waals surface area (Å²) in [5.41, 5.74) is 0.837. The van der Waals surface area contributed by atoms with Crippen LogP contribution in [0.1, 0.15) is 45.6 Å². The van der Waals surface area contributed by atoms with Crippen LogP contribution < -0.4 is 0 Å². The highest BCUT2D eigenvalue weighted by Crippen LogP contribution is 2.53. The van der Waals surface area contributed by atoms with Crippen molar-refractivity contribution in [1.82, 2.24) is 4.90 Å². The Labute approximate surface area is 148 Å². The molecule has 4 heteroatoms. The van der Waals surface area contributed by atoms with Gasteiger partial charge in [-0.15, -0.1) is 0 Å². The lowest BCUT2D eigenvalue weighted by Gasteiger charge is -2.53. The first kappa shape index (κ1) is 17.8. The highest BCUT2D eigenvalue weighted by Gasteiger charge is 2.61. The Morgan fingerprint density at radius 3 is 2.50 bits per heavy atom. The van der Waals surface area contributed by atoms with Gasteiger partial charge in [-0.3, -0.25) is 9.69 Å². The summed E-state index contributed by atoms with van der Waals surface area (Å²) in [6.45, 7) is 11.9. The first-order chi connectivity index (χ1) is 11.2. The average Bonchev–Trinajstić information content (AvgIpc) is 2.69. The van der Waals surface area contributed by atoms with E-state index in [2.05, 4.69) is 69.1 Å². The number of carbonyl (C=O) groups is 1. The van der Waals surface area contributed by atoms with Crippen LogP contribution in [0.5, 0.6) is 0 Å². The van der Waals surface area contributed by atoms with E-state index in [4.69, 9.17) is 4.43 Å². The van der Waals surface area contributed by atoms with Crippen LogP contribution in [0.25, 0.3) is 0 Å². The molecule has 1 aromatic rings. The van der Waals surface area contributed by atoms with Crippen molar-refractivity contribution < 1.29 is 9.22 Å². The summed E-state index contributed by atoms with van der Waals surface area (Å²) in [5, 5.41) is 0. The number of hydrogen-bond donors (Lipinski definition) is 0. The Morgan fingerprint density at radius 2 is 1.92 bits per heavy atom. The van der Waals surface area contributed by atoms with Crippen LogP contribution in [-0.4, -0.2) is 31.5 Å². The normalized spacial score (nSPS) is 31.0. The summed E-state index contributed by atoms with van der Waals surface area (Å²) >= 11 is 0. The average molecular weight is 346 g/mol. The lowest BCUT2D eigenvalue weighted by Crippen LogP contribution is -2.64. The van der Waals surface area contributed by atoms with Gasteiger partial charge in [0.25, 0.3) is 0 Å². The molecule has 3 rings (SSSR count). The maximum absolute atomic E-state index is 13.0. The summed E-state index contributed by atoms with van der Waals surface area (Å²) in [4.78, 5) is 15.5. The minimum absolute atomic E-state index is 0.0395. The van der Waals surface area contributed by atoms with E-state index in [1.54, 1.807) is 0 Å². The lowest BCUT2D eigenvalue weighted by molar-refractivity contribution is -0.181. The van der Waals surface area contributed by atoms with E-state index in [9.17, 15) is 4.79 Å². The Balaban J connectivity index is 2.01. The van der Waals surface area contributed by atoms with Gasteiger partial charge in [0.05, 0.1) is 5.92 Å². The van der Waals surface area contributed by atoms with Crippen LogP contribution in [0.4, 0.5) is 0 Å². The minimum Gasteiger partial charge on any atom is -0.402 e. The monoisotopic (exact) mass is 345 g/mol. The molecule has 2 heterocycles. The van der Waals surface area contributed by atoms with Crippen LogP contribution in [0.3, 0.4) is 0 Å². The number of ketones is 1. The van der Waals surface area contributed by atoms with E-state index in [1.165, 1.54) is 5.56 Å². The molecule has 0 saturated carbocycles. The fourth-order valence-electron chi connectivity index (χ4n) is 4.91. The molecule has 132 valence electrons. The van der Waals surface area contributed by atoms with Gasteiger partial charge in [0.1, 0.15) is 11.5 Å². The lowest BCUT2D eigenvalue weighted by atomic mass is 9.69. The molecule has 0 radical (unpaired) electrons. The van der Waals surface area contributed by atoms with Crippen molar-refractivity contribution in [1.29, 1.82) is 0 Å². The van der Waals surface area contributed by atoms with Crippen molar-refractivity contribution in [2.24, 2.45) is 11.3 Å². The predicted octanol–water partition coefficient (Wildman–Crippen LogP) is 3.98. The number of hydrogen-bond acceptors (Lipinski definition) is 3. The van der Waals surface area contributed by atoms with Crippen LogP contribution in [-0.2, 0) is 15.8 Å². The molecule has 0 aromatic heterocycles. The third-order valence-corrected chi connectivity index (χ3v) is 6.35. The zero-order chi connectivity index (χ0) is 17.5. The van der Waals surface area contributed by atoms with E-state index in [1.807, 2.05) is 0 Å². The molecule has 0 N–H and O–H groups in total. The van der Waals surface area contributed by atoms with E-state index < -0.39 is 14.8 Å². The van der Waals surface area contributed by atoms with Crippen LogP contribution in [0, 0.1) is 11.3 Å². The Morgan fingerprint density at radius 1 is 1.25 bits per heavy atom. The number of benzene rings is 1. The van der Waals surface area contributed by atoms with Crippen LogP contribution >= 0.6 is 0 Å². The fourth-order valence-corrected chi connectivity index (χ4v) is 6.12. The largest absolute Gasteiger partial charge is 0.402 e. The molecular formula is C20H31NO2Si. The van der Waals surface area contributed by atoms with Gasteiger partial charge in [-0.05, 0) is 36.9 Å². The van der Waals surface area contributed by atoms with Crippen molar-refractivity contribution in [3.63, 3.8) is 0 Å². The second-order valence-corrected chi connectivity index (χ2v) is 11.1. The van der Waals surface area contributed by atoms with E-state index >= 15 is 0 Å². The summed E-state index contributed by atoms with van der Waals surface area (Å²) in [6.07, 6.45) is 2.75. The molecule has 2 saturated heterocycles. The molecule has 1 aromatic carbocycles. The van der Waals surface area contributed by atoms with Gasteiger partial charge >= 0.3 is 0 Å². The molecule has 2 bridgehead atoms. The maximum atomic E-state index is 13.0. The van der Waals surface area contributed by atoms with Crippen LogP contribution in [0.2, 0.25) is 13.1 Å². The molecule has 0 amide bonds. The first-order valence-electron chi connectivity index (χ1n) is 9.25. The van der Waals surface area contributed by atoms with Crippen molar-refractivity contribution in [3.8, 4) is 0 Å². The molecular weight excluding hydrogens is 314 g/mol. The standard InChI is InChI=1S/C20H31NO2Si/c1-19(2,3)18-17(22)13-16-11-12-20(18,23-24(4)5)21(16)14-15-9-7-6-8-10-15/h6-10,16,18,24H,11-14H2,1-5H3. The number of Topliss-reactive ketones (excluding diaryl/α,β-unsaturated/α-hetero) is 1. The third-order valence-electron chi connectivity index (χ3n) is 5.47. The summed E-state index contributed by atoms with van der Waals surface area (Å²) < 4.78 is 6.71. The third kappa shape index (κ3) is 3.12. The molecule has 2 fully saturated rings. The quantitative estimate of drug-likeness (QED) is 0.773. The topological polar surface area (TPSA) is 29.5 Å².